The van der Waals surface area contributed by atoms with E-state index in [0.717, 1.165) is 37.3 Å². The van der Waals surface area contributed by atoms with Crippen LogP contribution in [-0.2, 0) is 6.54 Å². The van der Waals surface area contributed by atoms with Crippen molar-refractivity contribution in [1.29, 1.82) is 5.26 Å². The minimum absolute atomic E-state index is 0.267. The van der Waals surface area contributed by atoms with Crippen LogP contribution >= 0.6 is 0 Å². The van der Waals surface area contributed by atoms with Crippen LogP contribution in [0.4, 0.5) is 11.6 Å². The highest BCUT2D eigenvalue weighted by atomic mass is 15.2. The summed E-state index contributed by atoms with van der Waals surface area (Å²) in [5.74, 6) is 0.535. The molecule has 1 N–H and O–H groups in total. The summed E-state index contributed by atoms with van der Waals surface area (Å²) in [5.41, 5.74) is 4.55. The fraction of sp³-hybridized carbons (Fsp3) is 0.286. The zero-order valence-electron chi connectivity index (χ0n) is 15.7. The number of anilines is 2. The zero-order valence-corrected chi connectivity index (χ0v) is 15.7. The predicted octanol–water partition coefficient (Wildman–Crippen LogP) is 3.53. The van der Waals surface area contributed by atoms with Gasteiger partial charge in [0.1, 0.15) is 11.8 Å². The van der Waals surface area contributed by atoms with Crippen molar-refractivity contribution in [3.8, 4) is 6.07 Å². The van der Waals surface area contributed by atoms with Crippen molar-refractivity contribution in [2.45, 2.75) is 32.4 Å². The number of nitrogens with zero attached hydrogens (tertiary/aromatic N) is 6. The molecule has 1 fully saturated rings. The Bertz CT molecular complexity index is 994. The topological polar surface area (TPSA) is 90.6 Å². The highest BCUT2D eigenvalue weighted by molar-refractivity contribution is 5.52. The van der Waals surface area contributed by atoms with Crippen molar-refractivity contribution in [1.82, 2.24) is 24.8 Å². The molecule has 4 heterocycles. The van der Waals surface area contributed by atoms with E-state index < -0.39 is 0 Å². The normalized spacial score (nSPS) is 16.6. The molecule has 0 amide bonds. The number of nitriles is 1. The van der Waals surface area contributed by atoms with Crippen LogP contribution in [0.1, 0.15) is 41.4 Å². The number of aryl methyl sites for hydroxylation is 1. The molecule has 3 aromatic heterocycles. The van der Waals surface area contributed by atoms with E-state index in [1.165, 1.54) is 11.1 Å². The molecular formula is C21H21N7. The summed E-state index contributed by atoms with van der Waals surface area (Å²) < 4.78 is 0. The molecule has 0 aliphatic carbocycles. The summed E-state index contributed by atoms with van der Waals surface area (Å²) in [4.78, 5) is 19.9. The van der Waals surface area contributed by atoms with E-state index in [4.69, 9.17) is 10.2 Å². The lowest BCUT2D eigenvalue weighted by Gasteiger charge is -2.24. The van der Waals surface area contributed by atoms with E-state index in [1.807, 2.05) is 24.5 Å². The van der Waals surface area contributed by atoms with Gasteiger partial charge in [-0.2, -0.15) is 5.26 Å². The Morgan fingerprint density at radius 2 is 2.14 bits per heavy atom. The number of pyridine rings is 2. The number of hydrogen-bond acceptors (Lipinski definition) is 7. The van der Waals surface area contributed by atoms with Gasteiger partial charge in [-0.3, -0.25) is 9.88 Å². The molecule has 1 saturated heterocycles. The molecule has 0 saturated carbocycles. The first-order chi connectivity index (χ1) is 13.7. The van der Waals surface area contributed by atoms with Crippen LogP contribution in [0.5, 0.6) is 0 Å². The Balaban J connectivity index is 1.50. The molecule has 4 rings (SSSR count). The average molecular weight is 371 g/mol. The average Bonchev–Trinajstić information content (AvgIpc) is 3.17. The summed E-state index contributed by atoms with van der Waals surface area (Å²) in [6.45, 7) is 3.98. The van der Waals surface area contributed by atoms with E-state index >= 15 is 0 Å². The van der Waals surface area contributed by atoms with Crippen LogP contribution in [0.3, 0.4) is 0 Å². The summed E-state index contributed by atoms with van der Waals surface area (Å²) in [7, 11) is 0. The van der Waals surface area contributed by atoms with Crippen LogP contribution in [0.25, 0.3) is 0 Å². The molecule has 1 aliphatic rings. The summed E-state index contributed by atoms with van der Waals surface area (Å²) in [5, 5.41) is 12.0. The molecule has 0 bridgehead atoms. The fourth-order valence-electron chi connectivity index (χ4n) is 3.57. The molecule has 1 aliphatic heterocycles. The molecule has 28 heavy (non-hydrogen) atoms. The molecular weight excluding hydrogens is 350 g/mol. The van der Waals surface area contributed by atoms with Gasteiger partial charge in [-0.15, -0.1) is 0 Å². The van der Waals surface area contributed by atoms with Gasteiger partial charge in [-0.1, -0.05) is 6.07 Å². The third-order valence-electron chi connectivity index (χ3n) is 4.83. The molecule has 0 spiro atoms. The maximum Gasteiger partial charge on any atom is 0.227 e. The van der Waals surface area contributed by atoms with Crippen molar-refractivity contribution >= 4 is 11.6 Å². The third kappa shape index (κ3) is 4.13. The SMILES string of the molecule is Cc1cncc(CN2CCC[C@@H]2c2ccnc(Nc3ccc(C#N)nc3)n2)c1. The van der Waals surface area contributed by atoms with Crippen LogP contribution < -0.4 is 5.32 Å². The molecule has 0 aromatic carbocycles. The van der Waals surface area contributed by atoms with E-state index in [1.54, 1.807) is 24.5 Å². The van der Waals surface area contributed by atoms with Gasteiger partial charge in [0.05, 0.1) is 23.6 Å². The molecule has 0 unspecified atom stereocenters. The van der Waals surface area contributed by atoms with E-state index in [0.29, 0.717) is 11.6 Å². The van der Waals surface area contributed by atoms with Gasteiger partial charge in [0, 0.05) is 25.1 Å². The number of rotatable bonds is 5. The van der Waals surface area contributed by atoms with Crippen molar-refractivity contribution < 1.29 is 0 Å². The van der Waals surface area contributed by atoms with E-state index in [9.17, 15) is 0 Å². The Morgan fingerprint density at radius 1 is 1.21 bits per heavy atom. The van der Waals surface area contributed by atoms with Crippen LogP contribution in [-0.4, -0.2) is 31.4 Å². The van der Waals surface area contributed by atoms with Gasteiger partial charge >= 0.3 is 0 Å². The van der Waals surface area contributed by atoms with Crippen LogP contribution in [0, 0.1) is 18.3 Å². The molecule has 3 aromatic rings. The lowest BCUT2D eigenvalue weighted by molar-refractivity contribution is 0.244. The van der Waals surface area contributed by atoms with Crippen molar-refractivity contribution in [2.75, 3.05) is 11.9 Å². The van der Waals surface area contributed by atoms with Gasteiger partial charge in [-0.05, 0) is 55.6 Å². The Morgan fingerprint density at radius 3 is 2.93 bits per heavy atom. The molecule has 0 radical (unpaired) electrons. The smallest absolute Gasteiger partial charge is 0.227 e. The number of aromatic nitrogens is 4. The Kier molecular flexibility index (Phi) is 5.22. The van der Waals surface area contributed by atoms with Crippen LogP contribution in [0.15, 0.2) is 49.1 Å². The lowest BCUT2D eigenvalue weighted by atomic mass is 10.1. The first-order valence-corrected chi connectivity index (χ1v) is 9.32. The van der Waals surface area contributed by atoms with Gasteiger partial charge in [0.25, 0.3) is 0 Å². The van der Waals surface area contributed by atoms with Crippen molar-refractivity contribution in [3.05, 3.63) is 71.6 Å². The number of likely N-dealkylation sites (tertiary alicyclic amines) is 1. The molecule has 1 atom stereocenters. The quantitative estimate of drug-likeness (QED) is 0.733. The van der Waals surface area contributed by atoms with Gasteiger partial charge < -0.3 is 5.32 Å². The second-order valence-corrected chi connectivity index (χ2v) is 6.97. The molecule has 140 valence electrons. The highest BCUT2D eigenvalue weighted by Crippen LogP contribution is 2.32. The van der Waals surface area contributed by atoms with Crippen LogP contribution in [0.2, 0.25) is 0 Å². The van der Waals surface area contributed by atoms with E-state index in [2.05, 4.69) is 38.2 Å². The van der Waals surface area contributed by atoms with Gasteiger partial charge in [0.2, 0.25) is 5.95 Å². The standard InChI is InChI=1S/C21H21N7/c1-15-9-16(12-23-11-15)14-28-8-2-3-20(28)19-6-7-24-21(27-19)26-18-5-4-17(10-22)25-13-18/h4-7,9,11-13,20H,2-3,8,14H2,1H3,(H,24,26,27)/t20-/m1/s1. The second-order valence-electron chi connectivity index (χ2n) is 6.97. The fourth-order valence-corrected chi connectivity index (χ4v) is 3.57. The lowest BCUT2D eigenvalue weighted by Crippen LogP contribution is -2.23. The third-order valence-corrected chi connectivity index (χ3v) is 4.83. The van der Waals surface area contributed by atoms with Gasteiger partial charge in [0.15, 0.2) is 0 Å². The maximum absolute atomic E-state index is 8.86. The Hall–Kier alpha value is -3.37. The summed E-state index contributed by atoms with van der Waals surface area (Å²) in [6.07, 6.45) is 9.44. The summed E-state index contributed by atoms with van der Waals surface area (Å²) >= 11 is 0. The summed E-state index contributed by atoms with van der Waals surface area (Å²) in [6, 6.07) is 9.92. The monoisotopic (exact) mass is 371 g/mol. The first-order valence-electron chi connectivity index (χ1n) is 9.32. The molecule has 7 heteroatoms. The number of hydrogen-bond donors (Lipinski definition) is 1. The predicted molar refractivity (Wildman–Crippen MR) is 106 cm³/mol. The van der Waals surface area contributed by atoms with Crippen molar-refractivity contribution in [3.63, 3.8) is 0 Å². The minimum atomic E-state index is 0.267. The molecule has 7 nitrogen and oxygen atoms in total. The second kappa shape index (κ2) is 8.11. The Labute approximate surface area is 164 Å². The van der Waals surface area contributed by atoms with E-state index in [-0.39, 0.29) is 6.04 Å². The number of nitrogens with one attached hydrogen (secondary N) is 1. The minimum Gasteiger partial charge on any atom is -0.323 e. The highest BCUT2D eigenvalue weighted by Gasteiger charge is 2.27. The largest absolute Gasteiger partial charge is 0.323 e. The van der Waals surface area contributed by atoms with Crippen molar-refractivity contribution in [2.24, 2.45) is 0 Å². The first kappa shape index (κ1) is 18.0. The van der Waals surface area contributed by atoms with Gasteiger partial charge in [-0.25, -0.2) is 15.0 Å². The maximum atomic E-state index is 8.86. The zero-order chi connectivity index (χ0) is 19.3.